The van der Waals surface area contributed by atoms with Gasteiger partial charge in [0.25, 0.3) is 0 Å². The molecule has 0 saturated heterocycles. The van der Waals surface area contributed by atoms with Crippen LogP contribution in [0.15, 0.2) is 99.1 Å². The van der Waals surface area contributed by atoms with Gasteiger partial charge in [-0.3, -0.25) is 0 Å². The standard InChI is InChI=1S/8C9H14N2/c8*1-7-5-10-8(11-6-7)9(2,3)4/h8*5-6H,1-4H3. The fraction of sp³-hybridized carbons (Fsp3) is 0.556. The molecule has 0 radical (unpaired) electrons. The predicted octanol–water partition coefficient (Wildman–Crippen LogP) is 16.7. The summed E-state index contributed by atoms with van der Waals surface area (Å²) in [5, 5.41) is 0. The Morgan fingerprint density at radius 1 is 0.136 bits per heavy atom. The molecule has 0 amide bonds. The van der Waals surface area contributed by atoms with E-state index in [-0.39, 0.29) is 43.3 Å². The minimum atomic E-state index is 0.0632. The van der Waals surface area contributed by atoms with E-state index in [9.17, 15) is 0 Å². The summed E-state index contributed by atoms with van der Waals surface area (Å²) in [6.07, 6.45) is 29.7. The lowest BCUT2D eigenvalue weighted by atomic mass is 9.96. The van der Waals surface area contributed by atoms with Crippen LogP contribution in [0.2, 0.25) is 0 Å². The number of aromatic nitrogens is 16. The van der Waals surface area contributed by atoms with Gasteiger partial charge in [0, 0.05) is 142 Å². The van der Waals surface area contributed by atoms with E-state index in [0.717, 1.165) is 91.1 Å². The lowest BCUT2D eigenvalue weighted by Gasteiger charge is -2.15. The molecule has 0 atom stereocenters. The van der Waals surface area contributed by atoms with Crippen LogP contribution in [0.1, 0.15) is 257 Å². The van der Waals surface area contributed by atoms with Crippen molar-refractivity contribution in [2.45, 2.75) is 265 Å². The van der Waals surface area contributed by atoms with Gasteiger partial charge in [0.15, 0.2) is 0 Å². The zero-order valence-electron chi connectivity index (χ0n) is 60.4. The van der Waals surface area contributed by atoms with Crippen molar-refractivity contribution < 1.29 is 0 Å². The Labute approximate surface area is 532 Å². The first-order valence-electron chi connectivity index (χ1n) is 30.3. The van der Waals surface area contributed by atoms with E-state index in [0.29, 0.717) is 0 Å². The summed E-state index contributed by atoms with van der Waals surface area (Å²) < 4.78 is 0. The average Bonchev–Trinajstić information content (AvgIpc) is 3.61. The fourth-order valence-electron chi connectivity index (χ4n) is 6.24. The summed E-state index contributed by atoms with van der Waals surface area (Å²) in [5.41, 5.74) is 9.38. The summed E-state index contributed by atoms with van der Waals surface area (Å²) in [7, 11) is 0. The molecule has 0 aliphatic carbocycles. The van der Waals surface area contributed by atoms with Crippen molar-refractivity contribution in [3.8, 4) is 0 Å². The Morgan fingerprint density at radius 2 is 0.193 bits per heavy atom. The predicted molar refractivity (Wildman–Crippen MR) is 364 cm³/mol. The Balaban J connectivity index is 0.000000503. The number of aryl methyl sites for hydroxylation is 8. The molecular formula is C72H112N16. The largest absolute Gasteiger partial charge is 0.241 e. The van der Waals surface area contributed by atoms with Gasteiger partial charge in [0.2, 0.25) is 0 Å². The third kappa shape index (κ3) is 32.6. The van der Waals surface area contributed by atoms with E-state index < -0.39 is 0 Å². The SMILES string of the molecule is Cc1cnc(C(C)(C)C)nc1.Cc1cnc(C(C)(C)C)nc1.Cc1cnc(C(C)(C)C)nc1.Cc1cnc(C(C)(C)C)nc1.Cc1cnc(C(C)(C)C)nc1.Cc1cnc(C(C)(C)C)nc1.Cc1cnc(C(C)(C)C)nc1.Cc1cnc(C(C)(C)C)nc1. The van der Waals surface area contributed by atoms with E-state index >= 15 is 0 Å². The average molecular weight is 1200 g/mol. The van der Waals surface area contributed by atoms with Crippen molar-refractivity contribution in [2.75, 3.05) is 0 Å². The van der Waals surface area contributed by atoms with Crippen LogP contribution in [-0.2, 0) is 43.3 Å². The van der Waals surface area contributed by atoms with E-state index in [1.165, 1.54) is 0 Å². The second-order valence-corrected chi connectivity index (χ2v) is 30.7. The van der Waals surface area contributed by atoms with E-state index in [2.05, 4.69) is 246 Å². The van der Waals surface area contributed by atoms with Gasteiger partial charge in [0.05, 0.1) is 0 Å². The molecule has 88 heavy (non-hydrogen) atoms. The molecular weight excluding hydrogens is 1090 g/mol. The third-order valence-corrected chi connectivity index (χ3v) is 11.6. The Kier molecular flexibility index (Phi) is 30.2. The lowest BCUT2D eigenvalue weighted by molar-refractivity contribution is 0.544. The maximum Gasteiger partial charge on any atom is 0.133 e. The van der Waals surface area contributed by atoms with E-state index in [1.54, 1.807) is 0 Å². The van der Waals surface area contributed by atoms with Gasteiger partial charge in [-0.2, -0.15) is 0 Å². The van der Waals surface area contributed by atoms with Crippen molar-refractivity contribution in [2.24, 2.45) is 0 Å². The number of rotatable bonds is 0. The molecule has 16 nitrogen and oxygen atoms in total. The number of hydrogen-bond acceptors (Lipinski definition) is 16. The highest BCUT2D eigenvalue weighted by molar-refractivity contribution is 5.13. The topological polar surface area (TPSA) is 206 Å². The minimum Gasteiger partial charge on any atom is -0.241 e. The number of hydrogen-bond donors (Lipinski definition) is 0. The molecule has 8 heterocycles. The van der Waals surface area contributed by atoms with Crippen LogP contribution < -0.4 is 0 Å². The second-order valence-electron chi connectivity index (χ2n) is 30.7. The second kappa shape index (κ2) is 33.8. The zero-order chi connectivity index (χ0) is 67.9. The Morgan fingerprint density at radius 3 is 0.239 bits per heavy atom. The van der Waals surface area contributed by atoms with Crippen LogP contribution in [0.5, 0.6) is 0 Å². The van der Waals surface area contributed by atoms with Crippen LogP contribution in [-0.4, -0.2) is 79.7 Å². The first-order chi connectivity index (χ1) is 40.0. The first kappa shape index (κ1) is 78.7. The Bertz CT molecular complexity index is 2510. The first-order valence-corrected chi connectivity index (χ1v) is 30.3. The zero-order valence-corrected chi connectivity index (χ0v) is 60.4. The van der Waals surface area contributed by atoms with Crippen molar-refractivity contribution in [3.63, 3.8) is 0 Å². The van der Waals surface area contributed by atoms with E-state index in [4.69, 9.17) is 0 Å². The van der Waals surface area contributed by atoms with Crippen LogP contribution in [0.3, 0.4) is 0 Å². The van der Waals surface area contributed by atoms with Crippen molar-refractivity contribution in [3.05, 3.63) is 190 Å². The minimum absolute atomic E-state index is 0.0632. The molecule has 0 aliphatic heterocycles. The molecule has 480 valence electrons. The van der Waals surface area contributed by atoms with Crippen LogP contribution in [0.4, 0.5) is 0 Å². The third-order valence-electron chi connectivity index (χ3n) is 11.6. The van der Waals surface area contributed by atoms with Gasteiger partial charge in [-0.05, 0) is 99.9 Å². The highest BCUT2D eigenvalue weighted by Crippen LogP contribution is 2.22. The van der Waals surface area contributed by atoms with Gasteiger partial charge in [-0.1, -0.05) is 166 Å². The summed E-state index contributed by atoms with van der Waals surface area (Å²) in [4.78, 5) is 67.8. The highest BCUT2D eigenvalue weighted by atomic mass is 14.9. The Hall–Kier alpha value is -7.36. The molecule has 16 heteroatoms. The quantitative estimate of drug-likeness (QED) is 0.138. The van der Waals surface area contributed by atoms with Gasteiger partial charge in [-0.25, -0.2) is 79.7 Å². The molecule has 0 unspecified atom stereocenters. The van der Waals surface area contributed by atoms with Crippen LogP contribution in [0.25, 0.3) is 0 Å². The van der Waals surface area contributed by atoms with Gasteiger partial charge in [-0.15, -0.1) is 0 Å². The van der Waals surface area contributed by atoms with Crippen molar-refractivity contribution in [1.82, 2.24) is 79.7 Å². The van der Waals surface area contributed by atoms with Crippen molar-refractivity contribution in [1.29, 1.82) is 0 Å². The molecule has 0 bridgehead atoms. The maximum absolute atomic E-state index is 4.24. The molecule has 0 saturated carbocycles. The molecule has 0 N–H and O–H groups in total. The number of nitrogens with zero attached hydrogens (tertiary/aromatic N) is 16. The molecule has 0 aromatic carbocycles. The molecule has 0 fully saturated rings. The molecule has 8 rings (SSSR count). The van der Waals surface area contributed by atoms with E-state index in [1.807, 2.05) is 155 Å². The molecule has 8 aromatic rings. The van der Waals surface area contributed by atoms with Crippen LogP contribution >= 0.6 is 0 Å². The normalized spacial score (nSPS) is 11.6. The maximum atomic E-state index is 4.24. The highest BCUT2D eigenvalue weighted by Gasteiger charge is 2.21. The summed E-state index contributed by atoms with van der Waals surface area (Å²) in [5.74, 6) is 7.25. The van der Waals surface area contributed by atoms with Crippen molar-refractivity contribution >= 4 is 0 Å². The van der Waals surface area contributed by atoms with Crippen LogP contribution in [0, 0.1) is 55.4 Å². The monoisotopic (exact) mass is 1200 g/mol. The van der Waals surface area contributed by atoms with Gasteiger partial charge < -0.3 is 0 Å². The molecule has 0 spiro atoms. The summed E-state index contributed by atoms with van der Waals surface area (Å²) in [6.45, 7) is 66.6. The summed E-state index contributed by atoms with van der Waals surface area (Å²) in [6, 6.07) is 0. The molecule has 8 aromatic heterocycles. The van der Waals surface area contributed by atoms with Gasteiger partial charge >= 0.3 is 0 Å². The molecule has 0 aliphatic rings. The summed E-state index contributed by atoms with van der Waals surface area (Å²) >= 11 is 0. The lowest BCUT2D eigenvalue weighted by Crippen LogP contribution is -2.15. The fourth-order valence-corrected chi connectivity index (χ4v) is 6.24. The smallest absolute Gasteiger partial charge is 0.133 e. The van der Waals surface area contributed by atoms with Gasteiger partial charge in [0.1, 0.15) is 46.6 Å².